The molecule has 1 aliphatic heterocycles. The van der Waals surface area contributed by atoms with Gasteiger partial charge in [0.25, 0.3) is 0 Å². The Kier molecular flexibility index (Phi) is 3.71. The van der Waals surface area contributed by atoms with Crippen LogP contribution in [-0.4, -0.2) is 45.3 Å². The number of carboxylic acids is 1. The van der Waals surface area contributed by atoms with Crippen LogP contribution in [0.2, 0.25) is 0 Å². The van der Waals surface area contributed by atoms with Gasteiger partial charge in [-0.2, -0.15) is 0 Å². The molecule has 0 unspecified atom stereocenters. The van der Waals surface area contributed by atoms with Gasteiger partial charge in [0.05, 0.1) is 12.0 Å². The van der Waals surface area contributed by atoms with Gasteiger partial charge in [-0.25, -0.2) is 0 Å². The van der Waals surface area contributed by atoms with E-state index < -0.39 is 18.0 Å². The van der Waals surface area contributed by atoms with Crippen LogP contribution in [0.1, 0.15) is 12.0 Å². The molecule has 2 heterocycles. The highest BCUT2D eigenvalue weighted by Crippen LogP contribution is 2.19. The number of aromatic nitrogens is 1. The summed E-state index contributed by atoms with van der Waals surface area (Å²) in [7, 11) is 0. The average molecular weight is 236 g/mol. The van der Waals surface area contributed by atoms with Gasteiger partial charge in [0.1, 0.15) is 0 Å². The van der Waals surface area contributed by atoms with Crippen molar-refractivity contribution in [3.63, 3.8) is 0 Å². The Morgan fingerprint density at radius 2 is 2.18 bits per heavy atom. The van der Waals surface area contributed by atoms with E-state index in [9.17, 15) is 9.90 Å². The fourth-order valence-corrected chi connectivity index (χ4v) is 2.14. The van der Waals surface area contributed by atoms with Gasteiger partial charge in [-0.1, -0.05) is 0 Å². The average Bonchev–Trinajstić information content (AvgIpc) is 2.32. The Balaban J connectivity index is 1.97. The van der Waals surface area contributed by atoms with Crippen LogP contribution in [0.5, 0.6) is 0 Å². The van der Waals surface area contributed by atoms with Crippen LogP contribution in [0, 0.1) is 5.92 Å². The van der Waals surface area contributed by atoms with Crippen molar-refractivity contribution < 1.29 is 15.0 Å². The van der Waals surface area contributed by atoms with Crippen LogP contribution < -0.4 is 0 Å². The number of carboxylic acid groups (broad SMARTS) is 1. The third-order valence-electron chi connectivity index (χ3n) is 3.13. The molecule has 1 aromatic heterocycles. The van der Waals surface area contributed by atoms with Gasteiger partial charge in [-0.05, 0) is 24.1 Å². The third kappa shape index (κ3) is 3.01. The molecule has 1 aromatic rings. The van der Waals surface area contributed by atoms with Gasteiger partial charge in [-0.15, -0.1) is 0 Å². The van der Waals surface area contributed by atoms with Crippen LogP contribution >= 0.6 is 0 Å². The maximum atomic E-state index is 11.0. The normalized spacial score (nSPS) is 25.7. The van der Waals surface area contributed by atoms with Crippen molar-refractivity contribution >= 4 is 5.97 Å². The first-order valence-electron chi connectivity index (χ1n) is 5.69. The Bertz CT molecular complexity index is 383. The molecule has 0 amide bonds. The first-order valence-corrected chi connectivity index (χ1v) is 5.69. The van der Waals surface area contributed by atoms with Gasteiger partial charge < -0.3 is 10.2 Å². The minimum Gasteiger partial charge on any atom is -0.481 e. The molecule has 0 spiro atoms. The molecule has 1 aliphatic rings. The summed E-state index contributed by atoms with van der Waals surface area (Å²) in [6.45, 7) is 1.84. The predicted octanol–water partition coefficient (Wildman–Crippen LogP) is 0.349. The molecule has 5 heteroatoms. The highest BCUT2D eigenvalue weighted by Gasteiger charge is 2.32. The van der Waals surface area contributed by atoms with Gasteiger partial charge in [-0.3, -0.25) is 14.7 Å². The van der Waals surface area contributed by atoms with E-state index in [1.54, 1.807) is 12.4 Å². The molecule has 92 valence electrons. The lowest BCUT2D eigenvalue weighted by Gasteiger charge is -2.33. The summed E-state index contributed by atoms with van der Waals surface area (Å²) in [5.74, 6) is -1.59. The number of hydrogen-bond donors (Lipinski definition) is 2. The van der Waals surface area contributed by atoms with Crippen molar-refractivity contribution in [2.45, 2.75) is 19.1 Å². The highest BCUT2D eigenvalue weighted by molar-refractivity contribution is 5.71. The molecule has 1 fully saturated rings. The second-order valence-corrected chi connectivity index (χ2v) is 4.39. The second-order valence-electron chi connectivity index (χ2n) is 4.39. The number of nitrogens with zero attached hydrogens (tertiary/aromatic N) is 2. The lowest BCUT2D eigenvalue weighted by atomic mass is 9.94. The first kappa shape index (κ1) is 12.0. The molecule has 2 N–H and O–H groups in total. The molecular weight excluding hydrogens is 220 g/mol. The van der Waals surface area contributed by atoms with Gasteiger partial charge in [0.15, 0.2) is 0 Å². The zero-order valence-electron chi connectivity index (χ0n) is 9.49. The van der Waals surface area contributed by atoms with E-state index in [-0.39, 0.29) is 0 Å². The van der Waals surface area contributed by atoms with Gasteiger partial charge in [0.2, 0.25) is 0 Å². The summed E-state index contributed by atoms with van der Waals surface area (Å²) >= 11 is 0. The smallest absolute Gasteiger partial charge is 0.310 e. The summed E-state index contributed by atoms with van der Waals surface area (Å²) in [6, 6.07) is 3.83. The molecule has 17 heavy (non-hydrogen) atoms. The first-order chi connectivity index (χ1) is 8.16. The number of aliphatic carboxylic acids is 1. The SMILES string of the molecule is O=C(O)[C@H]1CN(Cc2ccncc2)CC[C@H]1O. The summed E-state index contributed by atoms with van der Waals surface area (Å²) < 4.78 is 0. The molecule has 0 aliphatic carbocycles. The summed E-state index contributed by atoms with van der Waals surface area (Å²) in [6.07, 6.45) is 3.24. The Labute approximate surface area is 99.7 Å². The van der Waals surface area contributed by atoms with Crippen molar-refractivity contribution in [1.82, 2.24) is 9.88 Å². The lowest BCUT2D eigenvalue weighted by molar-refractivity contribution is -0.149. The van der Waals surface area contributed by atoms with Crippen molar-refractivity contribution in [2.75, 3.05) is 13.1 Å². The standard InChI is InChI=1S/C12H16N2O3/c15-11-3-6-14(8-10(11)12(16)17)7-9-1-4-13-5-2-9/h1-2,4-5,10-11,15H,3,6-8H2,(H,16,17)/t10-,11+/m0/s1. The van der Waals surface area contributed by atoms with Crippen LogP contribution in [-0.2, 0) is 11.3 Å². The van der Waals surface area contributed by atoms with Crippen LogP contribution in [0.4, 0.5) is 0 Å². The van der Waals surface area contributed by atoms with Gasteiger partial charge in [0, 0.05) is 32.0 Å². The van der Waals surface area contributed by atoms with E-state index in [0.717, 1.165) is 12.1 Å². The number of hydrogen-bond acceptors (Lipinski definition) is 4. The maximum absolute atomic E-state index is 11.0. The molecular formula is C12H16N2O3. The second kappa shape index (κ2) is 5.25. The fraction of sp³-hybridized carbons (Fsp3) is 0.500. The number of carbonyl (C=O) groups is 1. The largest absolute Gasteiger partial charge is 0.481 e. The number of rotatable bonds is 3. The number of pyridine rings is 1. The molecule has 2 rings (SSSR count). The quantitative estimate of drug-likeness (QED) is 0.792. The summed E-state index contributed by atoms with van der Waals surface area (Å²) in [5, 5.41) is 18.6. The minimum absolute atomic E-state index is 0.402. The number of aliphatic hydroxyl groups is 1. The predicted molar refractivity (Wildman–Crippen MR) is 61.3 cm³/mol. The summed E-state index contributed by atoms with van der Waals surface area (Å²) in [4.78, 5) is 17.0. The molecule has 0 bridgehead atoms. The number of piperidine rings is 1. The number of aliphatic hydroxyl groups excluding tert-OH is 1. The van der Waals surface area contributed by atoms with E-state index in [1.807, 2.05) is 12.1 Å². The fourth-order valence-electron chi connectivity index (χ4n) is 2.14. The van der Waals surface area contributed by atoms with Crippen molar-refractivity contribution in [3.8, 4) is 0 Å². The van der Waals surface area contributed by atoms with Gasteiger partial charge >= 0.3 is 5.97 Å². The lowest BCUT2D eigenvalue weighted by Crippen LogP contribution is -2.46. The Morgan fingerprint density at radius 3 is 2.82 bits per heavy atom. The molecule has 0 radical (unpaired) electrons. The monoisotopic (exact) mass is 236 g/mol. The van der Waals surface area contributed by atoms with Crippen molar-refractivity contribution in [3.05, 3.63) is 30.1 Å². The maximum Gasteiger partial charge on any atom is 0.310 e. The zero-order chi connectivity index (χ0) is 12.3. The van der Waals surface area contributed by atoms with Crippen molar-refractivity contribution in [2.24, 2.45) is 5.92 Å². The van der Waals surface area contributed by atoms with Crippen LogP contribution in [0.3, 0.4) is 0 Å². The van der Waals surface area contributed by atoms with Crippen molar-refractivity contribution in [1.29, 1.82) is 0 Å². The number of likely N-dealkylation sites (tertiary alicyclic amines) is 1. The van der Waals surface area contributed by atoms with E-state index >= 15 is 0 Å². The highest BCUT2D eigenvalue weighted by atomic mass is 16.4. The Hall–Kier alpha value is -1.46. The van der Waals surface area contributed by atoms with E-state index in [4.69, 9.17) is 5.11 Å². The summed E-state index contributed by atoms with van der Waals surface area (Å²) in [5.41, 5.74) is 1.11. The molecule has 2 atom stereocenters. The van der Waals surface area contributed by atoms with E-state index in [1.165, 1.54) is 0 Å². The molecule has 0 saturated carbocycles. The molecule has 0 aromatic carbocycles. The Morgan fingerprint density at radius 1 is 1.47 bits per heavy atom. The zero-order valence-corrected chi connectivity index (χ0v) is 9.49. The third-order valence-corrected chi connectivity index (χ3v) is 3.13. The molecule has 5 nitrogen and oxygen atoms in total. The van der Waals surface area contributed by atoms with E-state index in [2.05, 4.69) is 9.88 Å². The molecule has 1 saturated heterocycles. The minimum atomic E-state index is -0.920. The van der Waals surface area contributed by atoms with Crippen LogP contribution in [0.25, 0.3) is 0 Å². The van der Waals surface area contributed by atoms with E-state index in [0.29, 0.717) is 19.5 Å². The topological polar surface area (TPSA) is 73.7 Å². The van der Waals surface area contributed by atoms with Crippen LogP contribution in [0.15, 0.2) is 24.5 Å².